The SMILES string of the molecule is CC(C)(N)CCOC(C)(C)CCC=O. The summed E-state index contributed by atoms with van der Waals surface area (Å²) >= 11 is 0. The van der Waals surface area contributed by atoms with E-state index in [0.717, 1.165) is 19.1 Å². The van der Waals surface area contributed by atoms with Gasteiger partial charge in [0.15, 0.2) is 0 Å². The molecule has 0 aliphatic rings. The lowest BCUT2D eigenvalue weighted by molar-refractivity contribution is -0.109. The maximum Gasteiger partial charge on any atom is 0.120 e. The fourth-order valence-electron chi connectivity index (χ4n) is 1.07. The first-order chi connectivity index (χ1) is 6.27. The summed E-state index contributed by atoms with van der Waals surface area (Å²) < 4.78 is 5.67. The molecule has 0 spiro atoms. The lowest BCUT2D eigenvalue weighted by Crippen LogP contribution is -2.35. The molecular weight excluding hydrogens is 178 g/mol. The summed E-state index contributed by atoms with van der Waals surface area (Å²) in [7, 11) is 0. The lowest BCUT2D eigenvalue weighted by Gasteiger charge is -2.27. The van der Waals surface area contributed by atoms with Gasteiger partial charge in [-0.1, -0.05) is 0 Å². The van der Waals surface area contributed by atoms with Crippen molar-refractivity contribution in [2.24, 2.45) is 5.73 Å². The average molecular weight is 201 g/mol. The highest BCUT2D eigenvalue weighted by molar-refractivity contribution is 5.49. The number of ether oxygens (including phenoxy) is 1. The van der Waals surface area contributed by atoms with Crippen molar-refractivity contribution in [1.82, 2.24) is 0 Å². The Morgan fingerprint density at radius 2 is 1.79 bits per heavy atom. The van der Waals surface area contributed by atoms with Gasteiger partial charge in [-0.25, -0.2) is 0 Å². The quantitative estimate of drug-likeness (QED) is 0.640. The summed E-state index contributed by atoms with van der Waals surface area (Å²) in [5.41, 5.74) is 5.43. The van der Waals surface area contributed by atoms with Crippen LogP contribution in [0.2, 0.25) is 0 Å². The van der Waals surface area contributed by atoms with Gasteiger partial charge in [0.2, 0.25) is 0 Å². The van der Waals surface area contributed by atoms with Crippen LogP contribution in [0.5, 0.6) is 0 Å². The van der Waals surface area contributed by atoms with Crippen molar-refractivity contribution in [2.45, 2.75) is 58.1 Å². The first-order valence-corrected chi connectivity index (χ1v) is 5.13. The third-order valence-electron chi connectivity index (χ3n) is 2.10. The molecule has 0 unspecified atom stereocenters. The molecule has 3 heteroatoms. The summed E-state index contributed by atoms with van der Waals surface area (Å²) in [4.78, 5) is 10.2. The first kappa shape index (κ1) is 13.6. The molecule has 0 radical (unpaired) electrons. The molecule has 0 heterocycles. The number of carbonyl (C=O) groups is 1. The average Bonchev–Trinajstić information content (AvgIpc) is 1.98. The van der Waals surface area contributed by atoms with Crippen LogP contribution >= 0.6 is 0 Å². The predicted octanol–water partition coefficient (Wildman–Crippen LogP) is 1.89. The molecule has 0 atom stereocenters. The third-order valence-corrected chi connectivity index (χ3v) is 2.10. The zero-order valence-corrected chi connectivity index (χ0v) is 9.80. The van der Waals surface area contributed by atoms with Crippen LogP contribution in [0.4, 0.5) is 0 Å². The number of nitrogens with two attached hydrogens (primary N) is 1. The predicted molar refractivity (Wildman–Crippen MR) is 58.2 cm³/mol. The molecular formula is C11H23NO2. The van der Waals surface area contributed by atoms with Crippen LogP contribution in [0.1, 0.15) is 47.0 Å². The van der Waals surface area contributed by atoms with Crippen LogP contribution in [0.25, 0.3) is 0 Å². The number of hydrogen-bond acceptors (Lipinski definition) is 3. The molecule has 0 rings (SSSR count). The molecule has 0 aromatic heterocycles. The van der Waals surface area contributed by atoms with E-state index < -0.39 is 0 Å². The Balaban J connectivity index is 3.70. The largest absolute Gasteiger partial charge is 0.375 e. The van der Waals surface area contributed by atoms with Gasteiger partial charge in [-0.2, -0.15) is 0 Å². The lowest BCUT2D eigenvalue weighted by atomic mass is 10.0. The van der Waals surface area contributed by atoms with Gasteiger partial charge in [0.25, 0.3) is 0 Å². The van der Waals surface area contributed by atoms with E-state index in [2.05, 4.69) is 0 Å². The molecule has 14 heavy (non-hydrogen) atoms. The first-order valence-electron chi connectivity index (χ1n) is 5.13. The Bertz CT molecular complexity index is 171. The molecule has 0 aliphatic heterocycles. The molecule has 0 saturated heterocycles. The molecule has 0 bridgehead atoms. The Kier molecular flexibility index (Phi) is 5.31. The van der Waals surface area contributed by atoms with Gasteiger partial charge in [-0.3, -0.25) is 0 Å². The minimum atomic E-state index is -0.216. The summed E-state index contributed by atoms with van der Waals surface area (Å²) in [5.74, 6) is 0. The second kappa shape index (κ2) is 5.47. The molecule has 84 valence electrons. The molecule has 0 aromatic rings. The Labute approximate surface area is 87.0 Å². The minimum absolute atomic E-state index is 0.180. The summed E-state index contributed by atoms with van der Waals surface area (Å²) in [6.45, 7) is 8.61. The van der Waals surface area contributed by atoms with Crippen molar-refractivity contribution >= 4 is 6.29 Å². The van der Waals surface area contributed by atoms with Crippen LogP contribution in [0.15, 0.2) is 0 Å². The summed E-state index contributed by atoms with van der Waals surface area (Å²) in [5, 5.41) is 0. The normalized spacial score (nSPS) is 12.9. The van der Waals surface area contributed by atoms with Crippen LogP contribution in [-0.2, 0) is 9.53 Å². The van der Waals surface area contributed by atoms with Gasteiger partial charge in [0, 0.05) is 18.6 Å². The molecule has 0 saturated carbocycles. The zero-order valence-electron chi connectivity index (χ0n) is 9.80. The minimum Gasteiger partial charge on any atom is -0.375 e. The van der Waals surface area contributed by atoms with Gasteiger partial charge in [0.1, 0.15) is 6.29 Å². The highest BCUT2D eigenvalue weighted by Gasteiger charge is 2.19. The van der Waals surface area contributed by atoms with Crippen LogP contribution < -0.4 is 5.73 Å². The van der Waals surface area contributed by atoms with Crippen LogP contribution in [0, 0.1) is 0 Å². The Hall–Kier alpha value is -0.410. The second-order valence-electron chi connectivity index (χ2n) is 5.05. The van der Waals surface area contributed by atoms with Crippen molar-refractivity contribution in [3.8, 4) is 0 Å². The summed E-state index contributed by atoms with van der Waals surface area (Å²) in [6, 6.07) is 0. The van der Waals surface area contributed by atoms with Crippen molar-refractivity contribution in [2.75, 3.05) is 6.61 Å². The highest BCUT2D eigenvalue weighted by Crippen LogP contribution is 2.17. The van der Waals surface area contributed by atoms with E-state index in [1.165, 1.54) is 0 Å². The highest BCUT2D eigenvalue weighted by atomic mass is 16.5. The smallest absolute Gasteiger partial charge is 0.120 e. The number of hydrogen-bond donors (Lipinski definition) is 1. The fourth-order valence-corrected chi connectivity index (χ4v) is 1.07. The Morgan fingerprint density at radius 1 is 1.21 bits per heavy atom. The maximum absolute atomic E-state index is 10.2. The van der Waals surface area contributed by atoms with Gasteiger partial charge in [-0.05, 0) is 40.5 Å². The van der Waals surface area contributed by atoms with E-state index in [1.54, 1.807) is 0 Å². The molecule has 0 aliphatic carbocycles. The number of carbonyl (C=O) groups excluding carboxylic acids is 1. The van der Waals surface area contributed by atoms with Gasteiger partial charge in [-0.15, -0.1) is 0 Å². The van der Waals surface area contributed by atoms with E-state index in [0.29, 0.717) is 13.0 Å². The van der Waals surface area contributed by atoms with Crippen molar-refractivity contribution in [3.63, 3.8) is 0 Å². The molecule has 0 fully saturated rings. The third kappa shape index (κ3) is 8.20. The van der Waals surface area contributed by atoms with Crippen molar-refractivity contribution in [3.05, 3.63) is 0 Å². The van der Waals surface area contributed by atoms with E-state index in [-0.39, 0.29) is 11.1 Å². The zero-order chi connectivity index (χ0) is 11.2. The monoisotopic (exact) mass is 201 g/mol. The topological polar surface area (TPSA) is 52.3 Å². The molecule has 0 amide bonds. The van der Waals surface area contributed by atoms with Gasteiger partial charge >= 0.3 is 0 Å². The fraction of sp³-hybridized carbons (Fsp3) is 0.909. The van der Waals surface area contributed by atoms with Crippen LogP contribution in [0.3, 0.4) is 0 Å². The number of aldehydes is 1. The van der Waals surface area contributed by atoms with Gasteiger partial charge < -0.3 is 15.3 Å². The van der Waals surface area contributed by atoms with Gasteiger partial charge in [0.05, 0.1) is 5.60 Å². The number of rotatable bonds is 7. The van der Waals surface area contributed by atoms with Crippen molar-refractivity contribution < 1.29 is 9.53 Å². The standard InChI is InChI=1S/C11H23NO2/c1-10(2,12)7-9-14-11(3,4)6-5-8-13/h8H,5-7,9,12H2,1-4H3. The molecule has 2 N–H and O–H groups in total. The van der Waals surface area contributed by atoms with E-state index in [9.17, 15) is 4.79 Å². The van der Waals surface area contributed by atoms with E-state index in [1.807, 2.05) is 27.7 Å². The van der Waals surface area contributed by atoms with Crippen LogP contribution in [-0.4, -0.2) is 24.0 Å². The molecule has 0 aromatic carbocycles. The molecule has 3 nitrogen and oxygen atoms in total. The Morgan fingerprint density at radius 3 is 2.21 bits per heavy atom. The van der Waals surface area contributed by atoms with Crippen molar-refractivity contribution in [1.29, 1.82) is 0 Å². The second-order valence-corrected chi connectivity index (χ2v) is 5.05. The van der Waals surface area contributed by atoms with E-state index in [4.69, 9.17) is 10.5 Å². The summed E-state index contributed by atoms with van der Waals surface area (Å²) in [6.07, 6.45) is 3.08. The van der Waals surface area contributed by atoms with E-state index >= 15 is 0 Å². The maximum atomic E-state index is 10.2.